The standard InChI is InChI=1S/C24H18Cl2N4O2/c25-15-5-1-7-17(13-15)27-23(31)29-21-11-3-10-20-19(21)9-4-12-22(20)30-24(32)28-18-8-2-6-16(26)14-18/h1-14H,(H2,27,29,31)(H2,28,30,32). The Labute approximate surface area is 194 Å². The van der Waals surface area contributed by atoms with Crippen molar-refractivity contribution in [2.45, 2.75) is 0 Å². The van der Waals surface area contributed by atoms with Crippen LogP contribution in [-0.2, 0) is 0 Å². The van der Waals surface area contributed by atoms with Crippen LogP contribution in [0.5, 0.6) is 0 Å². The largest absolute Gasteiger partial charge is 0.323 e. The molecule has 4 rings (SSSR count). The fourth-order valence-corrected chi connectivity index (χ4v) is 3.61. The second-order valence-corrected chi connectivity index (χ2v) is 7.76. The van der Waals surface area contributed by atoms with Crippen molar-refractivity contribution in [3.63, 3.8) is 0 Å². The number of amides is 4. The number of urea groups is 2. The Morgan fingerprint density at radius 3 is 1.34 bits per heavy atom. The second kappa shape index (κ2) is 9.60. The summed E-state index contributed by atoms with van der Waals surface area (Å²) in [6.45, 7) is 0. The molecule has 0 radical (unpaired) electrons. The first kappa shape index (κ1) is 21.5. The van der Waals surface area contributed by atoms with Gasteiger partial charge in [0.25, 0.3) is 0 Å². The molecular weight excluding hydrogens is 447 g/mol. The minimum atomic E-state index is -0.406. The van der Waals surface area contributed by atoms with Crippen LogP contribution < -0.4 is 21.3 Å². The molecular formula is C24H18Cl2N4O2. The molecule has 32 heavy (non-hydrogen) atoms. The number of carbonyl (C=O) groups is 2. The highest BCUT2D eigenvalue weighted by Gasteiger charge is 2.11. The van der Waals surface area contributed by atoms with E-state index in [0.717, 1.165) is 10.8 Å². The smallest absolute Gasteiger partial charge is 0.308 e. The molecule has 0 heterocycles. The molecule has 0 unspecified atom stereocenters. The number of carbonyl (C=O) groups excluding carboxylic acids is 2. The van der Waals surface area contributed by atoms with Gasteiger partial charge in [0.05, 0.1) is 11.4 Å². The van der Waals surface area contributed by atoms with Gasteiger partial charge in [0, 0.05) is 32.2 Å². The SMILES string of the molecule is O=C(Nc1cccc(Cl)c1)Nc1cccc2c(NC(=O)Nc3cccc(Cl)c3)cccc12. The van der Waals surface area contributed by atoms with Gasteiger partial charge in [-0.1, -0.05) is 59.6 Å². The lowest BCUT2D eigenvalue weighted by atomic mass is 10.1. The number of hydrogen-bond acceptors (Lipinski definition) is 2. The Balaban J connectivity index is 1.52. The average Bonchev–Trinajstić information content (AvgIpc) is 2.74. The Bertz CT molecular complexity index is 1210. The molecule has 0 atom stereocenters. The molecule has 0 fully saturated rings. The van der Waals surface area contributed by atoms with Gasteiger partial charge in [-0.3, -0.25) is 0 Å². The molecule has 0 aliphatic heterocycles. The lowest BCUT2D eigenvalue weighted by Crippen LogP contribution is -2.20. The van der Waals surface area contributed by atoms with Crippen molar-refractivity contribution in [2.75, 3.05) is 21.3 Å². The van der Waals surface area contributed by atoms with Gasteiger partial charge in [0.2, 0.25) is 0 Å². The molecule has 160 valence electrons. The van der Waals surface area contributed by atoms with Gasteiger partial charge < -0.3 is 21.3 Å². The maximum Gasteiger partial charge on any atom is 0.323 e. The van der Waals surface area contributed by atoms with Crippen LogP contribution >= 0.6 is 23.2 Å². The highest BCUT2D eigenvalue weighted by atomic mass is 35.5. The van der Waals surface area contributed by atoms with Crippen LogP contribution in [-0.4, -0.2) is 12.1 Å². The first-order chi connectivity index (χ1) is 15.5. The zero-order chi connectivity index (χ0) is 22.5. The van der Waals surface area contributed by atoms with E-state index in [1.807, 2.05) is 12.1 Å². The summed E-state index contributed by atoms with van der Waals surface area (Å²) in [7, 11) is 0. The van der Waals surface area contributed by atoms with Crippen molar-refractivity contribution in [3.8, 4) is 0 Å². The maximum atomic E-state index is 12.5. The maximum absolute atomic E-state index is 12.5. The summed E-state index contributed by atoms with van der Waals surface area (Å²) in [6.07, 6.45) is 0. The molecule has 0 saturated carbocycles. The quantitative estimate of drug-likeness (QED) is 0.253. The number of hydrogen-bond donors (Lipinski definition) is 4. The highest BCUT2D eigenvalue weighted by Crippen LogP contribution is 2.30. The fraction of sp³-hybridized carbons (Fsp3) is 0. The van der Waals surface area contributed by atoms with Crippen LogP contribution in [0.4, 0.5) is 32.3 Å². The Morgan fingerprint density at radius 2 is 0.938 bits per heavy atom. The minimum Gasteiger partial charge on any atom is -0.308 e. The number of anilines is 4. The zero-order valence-corrected chi connectivity index (χ0v) is 18.2. The fourth-order valence-electron chi connectivity index (χ4n) is 3.23. The molecule has 0 aliphatic rings. The van der Waals surface area contributed by atoms with Crippen molar-refractivity contribution < 1.29 is 9.59 Å². The predicted molar refractivity (Wildman–Crippen MR) is 132 cm³/mol. The van der Waals surface area contributed by atoms with Crippen molar-refractivity contribution in [3.05, 3.63) is 95.0 Å². The average molecular weight is 465 g/mol. The molecule has 4 amide bonds. The lowest BCUT2D eigenvalue weighted by Gasteiger charge is -2.14. The van der Waals surface area contributed by atoms with Gasteiger partial charge in [0.1, 0.15) is 0 Å². The van der Waals surface area contributed by atoms with Gasteiger partial charge in [-0.05, 0) is 48.5 Å². The van der Waals surface area contributed by atoms with Gasteiger partial charge >= 0.3 is 12.1 Å². The third-order valence-corrected chi connectivity index (χ3v) is 5.05. The number of halogens is 2. The normalized spacial score (nSPS) is 10.4. The number of nitrogens with one attached hydrogen (secondary N) is 4. The third kappa shape index (κ3) is 5.29. The molecule has 6 nitrogen and oxygen atoms in total. The number of rotatable bonds is 4. The summed E-state index contributed by atoms with van der Waals surface area (Å²) < 4.78 is 0. The third-order valence-electron chi connectivity index (χ3n) is 4.58. The molecule has 0 bridgehead atoms. The summed E-state index contributed by atoms with van der Waals surface area (Å²) in [5.41, 5.74) is 2.35. The van der Waals surface area contributed by atoms with Crippen molar-refractivity contribution in [2.24, 2.45) is 0 Å². The van der Waals surface area contributed by atoms with Gasteiger partial charge in [-0.25, -0.2) is 9.59 Å². The van der Waals surface area contributed by atoms with Crippen LogP contribution in [0.3, 0.4) is 0 Å². The van der Waals surface area contributed by atoms with E-state index in [0.29, 0.717) is 32.8 Å². The summed E-state index contributed by atoms with van der Waals surface area (Å²) in [5.74, 6) is 0. The van der Waals surface area contributed by atoms with E-state index in [1.54, 1.807) is 72.8 Å². The zero-order valence-electron chi connectivity index (χ0n) is 16.7. The summed E-state index contributed by atoms with van der Waals surface area (Å²) in [4.78, 5) is 24.9. The predicted octanol–water partition coefficient (Wildman–Crippen LogP) is 7.43. The van der Waals surface area contributed by atoms with E-state index in [-0.39, 0.29) is 0 Å². The minimum absolute atomic E-state index is 0.406. The molecule has 0 saturated heterocycles. The lowest BCUT2D eigenvalue weighted by molar-refractivity contribution is 0.261. The highest BCUT2D eigenvalue weighted by molar-refractivity contribution is 6.31. The molecule has 8 heteroatoms. The molecule has 0 spiro atoms. The van der Waals surface area contributed by atoms with Crippen LogP contribution in [0.1, 0.15) is 0 Å². The van der Waals surface area contributed by atoms with Gasteiger partial charge in [0.15, 0.2) is 0 Å². The summed E-state index contributed by atoms with van der Waals surface area (Å²) >= 11 is 11.9. The Hall–Kier alpha value is -3.74. The van der Waals surface area contributed by atoms with E-state index < -0.39 is 12.1 Å². The van der Waals surface area contributed by atoms with E-state index >= 15 is 0 Å². The van der Waals surface area contributed by atoms with Gasteiger partial charge in [-0.15, -0.1) is 0 Å². The van der Waals surface area contributed by atoms with Crippen molar-refractivity contribution in [1.82, 2.24) is 0 Å². The van der Waals surface area contributed by atoms with Gasteiger partial charge in [-0.2, -0.15) is 0 Å². The van der Waals surface area contributed by atoms with Crippen LogP contribution in [0.15, 0.2) is 84.9 Å². The van der Waals surface area contributed by atoms with E-state index in [1.165, 1.54) is 0 Å². The molecule has 4 aromatic carbocycles. The number of benzene rings is 4. The Morgan fingerprint density at radius 1 is 0.531 bits per heavy atom. The van der Waals surface area contributed by atoms with Crippen LogP contribution in [0.25, 0.3) is 10.8 Å². The van der Waals surface area contributed by atoms with Crippen molar-refractivity contribution >= 4 is 68.8 Å². The molecule has 0 aromatic heterocycles. The number of fused-ring (bicyclic) bond motifs is 1. The van der Waals surface area contributed by atoms with E-state index in [2.05, 4.69) is 21.3 Å². The van der Waals surface area contributed by atoms with Crippen LogP contribution in [0.2, 0.25) is 10.0 Å². The van der Waals surface area contributed by atoms with Crippen LogP contribution in [0, 0.1) is 0 Å². The molecule has 4 N–H and O–H groups in total. The first-order valence-electron chi connectivity index (χ1n) is 9.67. The van der Waals surface area contributed by atoms with Crippen molar-refractivity contribution in [1.29, 1.82) is 0 Å². The summed E-state index contributed by atoms with van der Waals surface area (Å²) in [5, 5.41) is 13.8. The molecule has 0 aliphatic carbocycles. The van der Waals surface area contributed by atoms with E-state index in [4.69, 9.17) is 23.2 Å². The summed E-state index contributed by atoms with van der Waals surface area (Å²) in [6, 6.07) is 23.9. The molecule has 4 aromatic rings. The first-order valence-corrected chi connectivity index (χ1v) is 10.4. The monoisotopic (exact) mass is 464 g/mol. The topological polar surface area (TPSA) is 82.3 Å². The second-order valence-electron chi connectivity index (χ2n) is 6.89. The Kier molecular flexibility index (Phi) is 6.44. The van der Waals surface area contributed by atoms with E-state index in [9.17, 15) is 9.59 Å².